The molecule has 18 heavy (non-hydrogen) atoms. The molecule has 0 aliphatic carbocycles. The fraction of sp³-hybridized carbons (Fsp3) is 1.00. The number of rotatable bonds is 7. The number of hydrogen-bond acceptors (Lipinski definition) is 4. The second kappa shape index (κ2) is 7.40. The molecule has 0 radical (unpaired) electrons. The van der Waals surface area contributed by atoms with Gasteiger partial charge in [0.2, 0.25) is 0 Å². The Morgan fingerprint density at radius 1 is 1.22 bits per heavy atom. The van der Waals surface area contributed by atoms with Gasteiger partial charge in [-0.25, -0.2) is 0 Å². The molecule has 1 fully saturated rings. The van der Waals surface area contributed by atoms with Crippen LogP contribution in [0.1, 0.15) is 13.3 Å². The van der Waals surface area contributed by atoms with Gasteiger partial charge in [0.25, 0.3) is 10.2 Å². The van der Waals surface area contributed by atoms with Crippen LogP contribution in [0.3, 0.4) is 0 Å². The lowest BCUT2D eigenvalue weighted by Gasteiger charge is -2.35. The second-order valence-electron chi connectivity index (χ2n) is 4.62. The van der Waals surface area contributed by atoms with E-state index in [9.17, 15) is 8.42 Å². The quantitative estimate of drug-likeness (QED) is 0.633. The van der Waals surface area contributed by atoms with Crippen molar-refractivity contribution in [3.05, 3.63) is 0 Å². The maximum absolute atomic E-state index is 12.3. The Hall–Kier alpha value is -0.210. The van der Waals surface area contributed by atoms with E-state index in [-0.39, 0.29) is 0 Å². The third-order valence-electron chi connectivity index (χ3n) is 3.40. The molecule has 1 N–H and O–H groups in total. The van der Waals surface area contributed by atoms with E-state index < -0.39 is 10.2 Å². The van der Waals surface area contributed by atoms with E-state index in [1.807, 2.05) is 7.05 Å². The Labute approximate surface area is 111 Å². The molecule has 0 amide bonds. The number of piperazine rings is 1. The molecule has 1 heterocycles. The summed E-state index contributed by atoms with van der Waals surface area (Å²) in [7, 11) is 0.275. The lowest BCUT2D eigenvalue weighted by atomic mass is 10.4. The lowest BCUT2D eigenvalue weighted by molar-refractivity contribution is 0.190. The van der Waals surface area contributed by atoms with Crippen LogP contribution in [0.25, 0.3) is 0 Å². The highest BCUT2D eigenvalue weighted by atomic mass is 32.2. The number of likely N-dealkylation sites (N-methyl/N-ethyl adjacent to an activating group) is 1. The highest BCUT2D eigenvalue weighted by Gasteiger charge is 2.29. The maximum atomic E-state index is 12.3. The summed E-state index contributed by atoms with van der Waals surface area (Å²) < 4.78 is 27.6. The minimum absolute atomic E-state index is 0.567. The van der Waals surface area contributed by atoms with E-state index >= 15 is 0 Å². The zero-order chi connectivity index (χ0) is 13.6. The van der Waals surface area contributed by atoms with Gasteiger partial charge in [0.15, 0.2) is 0 Å². The van der Waals surface area contributed by atoms with Crippen LogP contribution < -0.4 is 5.32 Å². The van der Waals surface area contributed by atoms with Gasteiger partial charge in [0.1, 0.15) is 0 Å². The van der Waals surface area contributed by atoms with Gasteiger partial charge < -0.3 is 10.2 Å². The predicted molar refractivity (Wildman–Crippen MR) is 73.8 cm³/mol. The lowest BCUT2D eigenvalue weighted by Crippen LogP contribution is -2.52. The smallest absolute Gasteiger partial charge is 0.281 e. The summed E-state index contributed by atoms with van der Waals surface area (Å²) in [6, 6.07) is 0. The Morgan fingerprint density at radius 2 is 1.83 bits per heavy atom. The second-order valence-corrected chi connectivity index (χ2v) is 6.66. The minimum atomic E-state index is -3.26. The number of nitrogens with one attached hydrogen (secondary N) is 1. The third-order valence-corrected chi connectivity index (χ3v) is 5.39. The summed E-state index contributed by atoms with van der Waals surface area (Å²) in [6.45, 7) is 7.37. The molecule has 0 aromatic heterocycles. The fourth-order valence-corrected chi connectivity index (χ4v) is 3.45. The molecule has 6 nitrogen and oxygen atoms in total. The normalized spacial score (nSPS) is 19.6. The van der Waals surface area contributed by atoms with Crippen molar-refractivity contribution in [2.45, 2.75) is 13.3 Å². The number of nitrogens with zero attached hydrogens (tertiary/aromatic N) is 3. The Bertz CT molecular complexity index is 326. The van der Waals surface area contributed by atoms with Gasteiger partial charge in [-0.15, -0.1) is 0 Å². The average molecular weight is 278 g/mol. The van der Waals surface area contributed by atoms with Crippen molar-refractivity contribution in [1.82, 2.24) is 18.8 Å². The first kappa shape index (κ1) is 15.8. The van der Waals surface area contributed by atoms with Gasteiger partial charge in [-0.05, 0) is 26.6 Å². The first-order chi connectivity index (χ1) is 8.52. The van der Waals surface area contributed by atoms with Gasteiger partial charge in [-0.3, -0.25) is 0 Å². The van der Waals surface area contributed by atoms with E-state index in [0.717, 1.165) is 32.6 Å². The van der Waals surface area contributed by atoms with E-state index in [1.165, 1.54) is 4.31 Å². The fourth-order valence-electron chi connectivity index (χ4n) is 2.07. The minimum Gasteiger partial charge on any atom is -0.320 e. The molecule has 0 spiro atoms. The van der Waals surface area contributed by atoms with Crippen LogP contribution in [0.2, 0.25) is 0 Å². The summed E-state index contributed by atoms with van der Waals surface area (Å²) in [5.41, 5.74) is 0. The summed E-state index contributed by atoms with van der Waals surface area (Å²) in [5.74, 6) is 0. The van der Waals surface area contributed by atoms with Gasteiger partial charge in [0.05, 0.1) is 0 Å². The van der Waals surface area contributed by atoms with E-state index in [4.69, 9.17) is 0 Å². The maximum Gasteiger partial charge on any atom is 0.281 e. The molecule has 0 bridgehead atoms. The molecule has 1 aliphatic heterocycles. The third kappa shape index (κ3) is 4.17. The molecule has 1 aliphatic rings. The molecular weight excluding hydrogens is 252 g/mol. The van der Waals surface area contributed by atoms with Gasteiger partial charge in [-0.1, -0.05) is 6.92 Å². The first-order valence-corrected chi connectivity index (χ1v) is 8.00. The van der Waals surface area contributed by atoms with Crippen LogP contribution in [-0.2, 0) is 10.2 Å². The van der Waals surface area contributed by atoms with E-state index in [0.29, 0.717) is 19.6 Å². The summed E-state index contributed by atoms with van der Waals surface area (Å²) in [6.07, 6.45) is 0.834. The Kier molecular flexibility index (Phi) is 6.51. The zero-order valence-electron chi connectivity index (χ0n) is 11.7. The standard InChI is InChI=1S/C11H26N4O2S/c1-4-14-8-10-15(11-9-14)18(16,17)13(3)7-5-6-12-2/h12H,4-11H2,1-3H3. The van der Waals surface area contributed by atoms with Crippen molar-refractivity contribution in [2.24, 2.45) is 0 Å². The molecule has 0 atom stereocenters. The largest absolute Gasteiger partial charge is 0.320 e. The average Bonchev–Trinajstić information content (AvgIpc) is 2.39. The molecule has 0 aromatic carbocycles. The molecule has 0 unspecified atom stereocenters. The summed E-state index contributed by atoms with van der Waals surface area (Å²) in [5, 5.41) is 3.03. The summed E-state index contributed by atoms with van der Waals surface area (Å²) >= 11 is 0. The van der Waals surface area contributed by atoms with Crippen LogP contribution in [0.15, 0.2) is 0 Å². The van der Waals surface area contributed by atoms with Crippen molar-refractivity contribution >= 4 is 10.2 Å². The molecule has 7 heteroatoms. The molecule has 0 saturated carbocycles. The molecule has 0 aromatic rings. The van der Waals surface area contributed by atoms with Crippen LogP contribution in [0.4, 0.5) is 0 Å². The molecular formula is C11H26N4O2S. The first-order valence-electron chi connectivity index (χ1n) is 6.60. The Balaban J connectivity index is 2.48. The highest BCUT2D eigenvalue weighted by molar-refractivity contribution is 7.86. The zero-order valence-corrected chi connectivity index (χ0v) is 12.5. The van der Waals surface area contributed by atoms with Crippen LogP contribution in [-0.4, -0.2) is 81.8 Å². The van der Waals surface area contributed by atoms with Crippen molar-refractivity contribution in [2.75, 3.05) is 59.9 Å². The predicted octanol–water partition coefficient (Wildman–Crippen LogP) is -0.590. The Morgan fingerprint density at radius 3 is 2.33 bits per heavy atom. The van der Waals surface area contributed by atoms with Gasteiger partial charge in [0, 0.05) is 39.8 Å². The monoisotopic (exact) mass is 278 g/mol. The molecule has 1 saturated heterocycles. The van der Waals surface area contributed by atoms with Crippen molar-refractivity contribution < 1.29 is 8.42 Å². The number of hydrogen-bond donors (Lipinski definition) is 1. The topological polar surface area (TPSA) is 55.9 Å². The van der Waals surface area contributed by atoms with Crippen LogP contribution >= 0.6 is 0 Å². The SMILES string of the molecule is CCN1CCN(S(=O)(=O)N(C)CCCNC)CC1. The highest BCUT2D eigenvalue weighted by Crippen LogP contribution is 2.10. The van der Waals surface area contributed by atoms with Crippen LogP contribution in [0, 0.1) is 0 Å². The van der Waals surface area contributed by atoms with E-state index in [1.54, 1.807) is 11.4 Å². The molecule has 108 valence electrons. The van der Waals surface area contributed by atoms with Gasteiger partial charge in [-0.2, -0.15) is 17.0 Å². The molecule has 1 rings (SSSR count). The summed E-state index contributed by atoms with van der Waals surface area (Å²) in [4.78, 5) is 2.27. The van der Waals surface area contributed by atoms with Gasteiger partial charge >= 0.3 is 0 Å². The van der Waals surface area contributed by atoms with Crippen LogP contribution in [0.5, 0.6) is 0 Å². The van der Waals surface area contributed by atoms with E-state index in [2.05, 4.69) is 17.1 Å². The van der Waals surface area contributed by atoms with Crippen molar-refractivity contribution in [1.29, 1.82) is 0 Å². The van der Waals surface area contributed by atoms with Crippen molar-refractivity contribution in [3.8, 4) is 0 Å². The van der Waals surface area contributed by atoms with Crippen molar-refractivity contribution in [3.63, 3.8) is 0 Å².